The standard InChI is InChI=1S/C50H64N2O15.C45H55NO15.C5H9NO.CH4O.CH4.ClH.HI.H2/c1-26-32(62-44(57)38(55)37(28-15-11-9-12-16-28)51-45(58)67-46(3,4)5)21-50(59)42(65-43(56)29-17-13-10-14-18-29)40-48(8,33(54)20-34-49(40,25-61-34)66-27(2)53)41-39(36(26)47(50,6)7)63-35(64-41)23-52-22-31-19-30(52)24-60-31;1-23-27(56-39(52)33(50)32(25-15-11-9-12-16-25)46-40(53)61-41(3,4)5)20-45(54)37(59-38(51)26-17-13-10-14-18-26)35-43(8,28(49)19-29-44(35,22-55-29)60-24(2)48)36-34(31(23)42(45,6)7)57-30(21-47)58-36;1-4-3-7-5(1)2-6-4;1-2;;;;/h9-18,30-35,37-42,54-55,59H,19-25H2,1-8H3,(H,51,58);9-18,21,27-30,32-37,49-50,54H,19-20,22H2,1-8H3,(H,46,53);4-6H,1-3H2;2H,1H3;1H4;3*1H/t30-,31-,32+,33+,34?,35?,37+,38-,39-,40+,41-,42+,48-,49+,50-;27-,28-,29?,30?,32-,33+,34+,35-,36+,37-,43+,44-,45+;4-,5-;;;;;/m101...../s1. The number of aldehydes is 1. The molecule has 4 saturated carbocycles. The van der Waals surface area contributed by atoms with E-state index in [4.69, 9.17) is 80.9 Å². The fourth-order valence-electron chi connectivity index (χ4n) is 24.2. The van der Waals surface area contributed by atoms with Gasteiger partial charge in [-0.25, -0.2) is 28.8 Å². The summed E-state index contributed by atoms with van der Waals surface area (Å²) >= 11 is 0. The highest BCUT2D eigenvalue weighted by Crippen LogP contribution is 2.70. The van der Waals surface area contributed by atoms with Gasteiger partial charge in [0, 0.05) is 94.9 Å². The smallest absolute Gasteiger partial charge is 0.408 e. The predicted octanol–water partition coefficient (Wildman–Crippen LogP) is 8.83. The molecule has 2 amide bonds. The van der Waals surface area contributed by atoms with Crippen molar-refractivity contribution in [3.8, 4) is 0 Å². The summed E-state index contributed by atoms with van der Waals surface area (Å²) in [5.41, 5.74) is -12.5. The third kappa shape index (κ3) is 20.4. The van der Waals surface area contributed by atoms with Crippen LogP contribution < -0.4 is 16.0 Å². The molecule has 4 unspecified atom stereocenters. The van der Waals surface area contributed by atoms with Crippen LogP contribution >= 0.6 is 36.4 Å². The van der Waals surface area contributed by atoms with Crippen molar-refractivity contribution in [2.45, 2.75) is 325 Å². The molecule has 8 aliphatic heterocycles. The van der Waals surface area contributed by atoms with Crippen molar-refractivity contribution in [2.75, 3.05) is 53.2 Å². The average Bonchev–Trinajstić information content (AvgIpc) is 1.65. The number of benzene rings is 4. The van der Waals surface area contributed by atoms with Crippen LogP contribution in [0, 0.1) is 33.5 Å². The van der Waals surface area contributed by atoms with Crippen molar-refractivity contribution in [3.63, 3.8) is 0 Å². The second-order valence-corrected chi connectivity index (χ2v) is 42.0. The van der Waals surface area contributed by atoms with Gasteiger partial charge < -0.3 is 127 Å². The Balaban J connectivity index is 0.000000241. The molecule has 36 nitrogen and oxygen atoms in total. The van der Waals surface area contributed by atoms with Crippen molar-refractivity contribution in [2.24, 2.45) is 33.5 Å². The van der Waals surface area contributed by atoms with Crippen LogP contribution in [-0.4, -0.2) is 304 Å². The number of rotatable bonds is 19. The number of nitrogens with zero attached hydrogens (tertiary/aromatic N) is 1. The number of hydrogen-bond acceptors (Lipinski definition) is 34. The van der Waals surface area contributed by atoms with E-state index >= 15 is 0 Å². The van der Waals surface area contributed by atoms with Crippen LogP contribution in [0.15, 0.2) is 144 Å². The van der Waals surface area contributed by atoms with Crippen LogP contribution in [0.25, 0.3) is 0 Å². The average molecular weight is 2100 g/mol. The molecule has 4 aromatic carbocycles. The predicted molar refractivity (Wildman–Crippen MR) is 514 cm³/mol. The van der Waals surface area contributed by atoms with Crippen LogP contribution in [-0.2, 0) is 99.8 Å². The monoisotopic (exact) mass is 2090 g/mol. The summed E-state index contributed by atoms with van der Waals surface area (Å²) in [5.74, 6) is -7.82. The van der Waals surface area contributed by atoms with Gasteiger partial charge in [0.1, 0.15) is 71.2 Å². The van der Waals surface area contributed by atoms with Gasteiger partial charge in [0.2, 0.25) is 6.29 Å². The lowest BCUT2D eigenvalue weighted by Crippen LogP contribution is -2.82. The third-order valence-corrected chi connectivity index (χ3v) is 30.9. The van der Waals surface area contributed by atoms with Gasteiger partial charge in [0.05, 0.1) is 105 Å². The Morgan fingerprint density at radius 3 is 1.28 bits per heavy atom. The fourth-order valence-corrected chi connectivity index (χ4v) is 24.2. The zero-order valence-corrected chi connectivity index (χ0v) is 84.4. The quantitative estimate of drug-likeness (QED) is 0.0138. The number of fused-ring (bicyclic) bond motifs is 20. The molecule has 140 heavy (non-hydrogen) atoms. The second kappa shape index (κ2) is 42.4. The first-order valence-electron chi connectivity index (χ1n) is 47.1. The van der Waals surface area contributed by atoms with Crippen LogP contribution in [0.2, 0.25) is 0 Å². The van der Waals surface area contributed by atoms with Gasteiger partial charge in [0.25, 0.3) is 0 Å². The molecule has 10 N–H and O–H groups in total. The second-order valence-electron chi connectivity index (χ2n) is 42.0. The van der Waals surface area contributed by atoms with Crippen LogP contribution in [0.5, 0.6) is 0 Å². The maximum Gasteiger partial charge on any atom is 0.408 e. The van der Waals surface area contributed by atoms with Crippen molar-refractivity contribution in [3.05, 3.63) is 166 Å². The van der Waals surface area contributed by atoms with E-state index in [9.17, 15) is 73.8 Å². The largest absolute Gasteiger partial charge is 0.456 e. The van der Waals surface area contributed by atoms with Crippen molar-refractivity contribution in [1.82, 2.24) is 20.9 Å². The lowest BCUT2D eigenvalue weighted by molar-refractivity contribution is -0.362. The molecule has 0 aromatic heterocycles. The molecule has 0 radical (unpaired) electrons. The summed E-state index contributed by atoms with van der Waals surface area (Å²) in [6.07, 6.45) is -20.3. The molecule has 38 heteroatoms. The number of morpholine rings is 2. The Morgan fingerprint density at radius 1 is 0.550 bits per heavy atom. The molecule has 8 heterocycles. The van der Waals surface area contributed by atoms with Crippen molar-refractivity contribution in [1.29, 1.82) is 0 Å². The molecule has 774 valence electrons. The van der Waals surface area contributed by atoms with Crippen LogP contribution in [0.4, 0.5) is 9.59 Å². The number of nitrogens with one attached hydrogen (secondary N) is 3. The zero-order chi connectivity index (χ0) is 99.1. The van der Waals surface area contributed by atoms with E-state index in [0.717, 1.165) is 26.7 Å². The Bertz CT molecular complexity index is 5180. The van der Waals surface area contributed by atoms with E-state index < -0.39 is 232 Å². The van der Waals surface area contributed by atoms with Gasteiger partial charge in [-0.2, -0.15) is 0 Å². The number of halogens is 2. The first kappa shape index (κ1) is 111. The lowest BCUT2D eigenvalue weighted by atomic mass is 9.44. The van der Waals surface area contributed by atoms with Gasteiger partial charge in [-0.1, -0.05) is 146 Å². The van der Waals surface area contributed by atoms with E-state index in [2.05, 4.69) is 20.9 Å². The Morgan fingerprint density at radius 2 is 0.950 bits per heavy atom. The Labute approximate surface area is 840 Å². The van der Waals surface area contributed by atoms with Gasteiger partial charge in [0.15, 0.2) is 36.0 Å². The molecular weight excluding hydrogens is 1960 g/mol. The Hall–Kier alpha value is -8.27. The van der Waals surface area contributed by atoms with Gasteiger partial charge in [-0.3, -0.25) is 19.3 Å². The number of aliphatic hydroxyl groups is 7. The number of ether oxygens (including phenoxy) is 16. The summed E-state index contributed by atoms with van der Waals surface area (Å²) in [6.45, 7) is 29.7. The number of aliphatic hydroxyl groups excluding tert-OH is 5. The molecule has 4 aromatic rings. The SMILES string of the molecule is C.C1O[C@H]2CN[C@@H]1C2.CC(=O)O[C@@]12COC1C[C@H](O)[C@@]1(C)[C@@H]3OC(C=O)O[C@@H]3C3=C(C)[C@@H](OC(=O)[C@H](O)[C@@H](NC(=O)OC(C)(C)C)c4ccccc4)C[C@@](O)([C@@H](OC(=O)c4ccccc4)[C@@H]12)C3(C)C.CC(=O)O[C@@]12COC1C[C@H](O)[C@@]1(C)[C@@H]3OC(CN4C[C@H]5C[C@@H]4CO5)O[C@@H]3C3=C(C)[C@@H](OC(=O)[C@H](O)[C@@H](NC(=O)OC(C)(C)C)c4ccccc4)C[C@@](O)([C@@H](OC(=O)c4ccccc4)[C@@H]12)C3(C)C.CO.Cl.I.[HH]. The lowest BCUT2D eigenvalue weighted by Gasteiger charge is -2.68. The van der Waals surface area contributed by atoms with Gasteiger partial charge >= 0.3 is 48.0 Å². The molecule has 18 rings (SSSR count). The van der Waals surface area contributed by atoms with E-state index in [1.807, 2.05) is 6.92 Å². The number of alkyl carbamates (subject to hydrolysis) is 2. The summed E-state index contributed by atoms with van der Waals surface area (Å²) in [6, 6.07) is 31.2. The van der Waals surface area contributed by atoms with E-state index in [0.29, 0.717) is 71.5 Å². The summed E-state index contributed by atoms with van der Waals surface area (Å²) in [4.78, 5) is 125. The molecule has 8 saturated heterocycles. The zero-order valence-electron chi connectivity index (χ0n) is 81.3. The highest BCUT2D eigenvalue weighted by Gasteiger charge is 2.82. The number of amides is 2. The van der Waals surface area contributed by atoms with Crippen LogP contribution in [0.1, 0.15) is 202 Å². The van der Waals surface area contributed by atoms with Gasteiger partial charge in [-0.15, -0.1) is 36.4 Å². The number of likely N-dealkylation sites (tertiary alicyclic amines) is 1. The molecular formula is C102H140ClIN4O32. The maximum atomic E-state index is 14.6. The minimum Gasteiger partial charge on any atom is -0.456 e. The Kier molecular flexibility index (Phi) is 33.5. The highest BCUT2D eigenvalue weighted by atomic mass is 127. The number of carbonyl (C=O) groups is 9. The first-order valence-corrected chi connectivity index (χ1v) is 47.1. The topological polar surface area (TPSA) is 482 Å². The molecule has 14 aliphatic rings. The van der Waals surface area contributed by atoms with Crippen molar-refractivity contribution >= 4 is 90.7 Å². The van der Waals surface area contributed by atoms with Gasteiger partial charge in [-0.05, 0) is 126 Å². The third-order valence-electron chi connectivity index (χ3n) is 30.9. The molecule has 8 bridgehead atoms. The number of carbonyl (C=O) groups excluding carboxylic acids is 9. The van der Waals surface area contributed by atoms with E-state index in [1.54, 1.807) is 199 Å². The van der Waals surface area contributed by atoms with Crippen LogP contribution in [0.3, 0.4) is 0 Å². The molecule has 30 atom stereocenters. The minimum atomic E-state index is -2.25. The molecule has 6 aliphatic carbocycles. The number of esters is 6. The molecule has 0 spiro atoms. The molecule has 12 fully saturated rings. The minimum absolute atomic E-state index is 0. The first-order chi connectivity index (χ1) is 64.6. The summed E-state index contributed by atoms with van der Waals surface area (Å²) in [5, 5.41) is 91.8. The summed E-state index contributed by atoms with van der Waals surface area (Å²) in [7, 11) is 1.00. The normalized spacial score (nSPS) is 36.3. The van der Waals surface area contributed by atoms with Crippen molar-refractivity contribution < 1.29 is 156 Å². The number of hydrogen-bond donors (Lipinski definition) is 10. The van der Waals surface area contributed by atoms with E-state index in [-0.39, 0.29) is 101 Å². The maximum absolute atomic E-state index is 14.6. The highest BCUT2D eigenvalue weighted by molar-refractivity contribution is 14.0. The summed E-state index contributed by atoms with van der Waals surface area (Å²) < 4.78 is 99.2. The fraction of sp³-hybridized carbons (Fsp3) is 0.637. The van der Waals surface area contributed by atoms with E-state index in [1.165, 1.54) is 32.4 Å².